The zero-order valence-corrected chi connectivity index (χ0v) is 9.31. The van der Waals surface area contributed by atoms with Crippen LogP contribution in [-0.4, -0.2) is 18.3 Å². The molecular weight excluding hydrogens is 182 g/mol. The molecule has 0 saturated carbocycles. The molecule has 0 aliphatic heterocycles. The summed E-state index contributed by atoms with van der Waals surface area (Å²) in [5.74, 6) is 0.874. The molecule has 1 rings (SSSR count). The molecule has 0 saturated heterocycles. The number of hydrogen-bond donors (Lipinski definition) is 0. The first kappa shape index (κ1) is 10.4. The number of hydrogen-bond acceptors (Lipinski definition) is 3. The molecule has 1 aromatic heterocycles. The molecule has 1 atom stereocenters. The Balaban J connectivity index is 2.99. The van der Waals surface area contributed by atoms with E-state index in [1.165, 1.54) is 5.56 Å². The van der Waals surface area contributed by atoms with E-state index in [0.717, 1.165) is 11.4 Å². The summed E-state index contributed by atoms with van der Waals surface area (Å²) in [6.07, 6.45) is 4.01. The van der Waals surface area contributed by atoms with E-state index in [2.05, 4.69) is 24.2 Å². The fourth-order valence-electron chi connectivity index (χ4n) is 1.09. The van der Waals surface area contributed by atoms with Gasteiger partial charge in [0.2, 0.25) is 0 Å². The summed E-state index contributed by atoms with van der Waals surface area (Å²) in [7, 11) is 1.68. The highest BCUT2D eigenvalue weighted by molar-refractivity contribution is 7.98. The summed E-state index contributed by atoms with van der Waals surface area (Å²) in [5.41, 5.74) is 2.16. The molecule has 0 bridgehead atoms. The van der Waals surface area contributed by atoms with Crippen molar-refractivity contribution in [1.29, 1.82) is 0 Å². The predicted octanol–water partition coefficient (Wildman–Crippen LogP) is 2.82. The van der Waals surface area contributed by atoms with Crippen LogP contribution in [0.5, 0.6) is 5.75 Å². The molecule has 0 spiro atoms. The second-order valence-corrected chi connectivity index (χ2v) is 4.11. The fraction of sp³-hybridized carbons (Fsp3) is 0.500. The number of pyridine rings is 1. The van der Waals surface area contributed by atoms with Crippen LogP contribution in [0.3, 0.4) is 0 Å². The zero-order chi connectivity index (χ0) is 9.84. The van der Waals surface area contributed by atoms with Gasteiger partial charge in [-0.2, -0.15) is 11.8 Å². The van der Waals surface area contributed by atoms with Gasteiger partial charge in [-0.25, -0.2) is 0 Å². The summed E-state index contributed by atoms with van der Waals surface area (Å²) < 4.78 is 5.21. The molecule has 0 radical (unpaired) electrons. The number of thioether (sulfide) groups is 1. The highest BCUT2D eigenvalue weighted by Crippen LogP contribution is 2.28. The number of nitrogens with zero attached hydrogens (tertiary/aromatic N) is 1. The standard InChI is InChI=1S/C10H15NOS/c1-7-10(12-3)5-9(6-11-7)8(2)13-4/h5-6,8H,1-4H3. The highest BCUT2D eigenvalue weighted by atomic mass is 32.2. The normalized spacial score (nSPS) is 12.6. The molecule has 0 amide bonds. The lowest BCUT2D eigenvalue weighted by Gasteiger charge is -2.10. The Bertz CT molecular complexity index is 288. The molecule has 0 fully saturated rings. The number of ether oxygens (including phenoxy) is 1. The first-order valence-electron chi connectivity index (χ1n) is 4.22. The third-order valence-corrected chi connectivity index (χ3v) is 3.08. The van der Waals surface area contributed by atoms with Crippen molar-refractivity contribution in [2.24, 2.45) is 0 Å². The minimum absolute atomic E-state index is 0.474. The van der Waals surface area contributed by atoms with Crippen molar-refractivity contribution in [2.45, 2.75) is 19.1 Å². The lowest BCUT2D eigenvalue weighted by Crippen LogP contribution is -1.95. The van der Waals surface area contributed by atoms with Crippen LogP contribution in [0.2, 0.25) is 0 Å². The molecule has 13 heavy (non-hydrogen) atoms. The summed E-state index contributed by atoms with van der Waals surface area (Å²) >= 11 is 1.81. The molecule has 0 aliphatic rings. The van der Waals surface area contributed by atoms with Crippen LogP contribution in [0.1, 0.15) is 23.4 Å². The Hall–Kier alpha value is -0.700. The summed E-state index contributed by atoms with van der Waals surface area (Å²) in [6, 6.07) is 2.06. The van der Waals surface area contributed by atoms with Gasteiger partial charge in [-0.05, 0) is 31.7 Å². The lowest BCUT2D eigenvalue weighted by atomic mass is 10.2. The lowest BCUT2D eigenvalue weighted by molar-refractivity contribution is 0.408. The molecule has 0 N–H and O–H groups in total. The Morgan fingerprint density at radius 3 is 2.77 bits per heavy atom. The Morgan fingerprint density at radius 2 is 2.23 bits per heavy atom. The van der Waals surface area contributed by atoms with Crippen molar-refractivity contribution >= 4 is 11.8 Å². The fourth-order valence-corrected chi connectivity index (χ4v) is 1.49. The monoisotopic (exact) mass is 197 g/mol. The molecule has 3 heteroatoms. The smallest absolute Gasteiger partial charge is 0.140 e. The first-order valence-corrected chi connectivity index (χ1v) is 5.51. The maximum Gasteiger partial charge on any atom is 0.140 e. The van der Waals surface area contributed by atoms with Crippen molar-refractivity contribution < 1.29 is 4.74 Å². The average molecular weight is 197 g/mol. The minimum atomic E-state index is 0.474. The van der Waals surface area contributed by atoms with Crippen molar-refractivity contribution in [3.8, 4) is 5.75 Å². The molecule has 0 aliphatic carbocycles. The molecular formula is C10H15NOS. The van der Waals surface area contributed by atoms with Gasteiger partial charge >= 0.3 is 0 Å². The van der Waals surface area contributed by atoms with E-state index in [4.69, 9.17) is 4.74 Å². The van der Waals surface area contributed by atoms with Crippen molar-refractivity contribution in [3.63, 3.8) is 0 Å². The van der Waals surface area contributed by atoms with Crippen LogP contribution in [0.15, 0.2) is 12.3 Å². The van der Waals surface area contributed by atoms with Gasteiger partial charge in [0.05, 0.1) is 12.8 Å². The van der Waals surface area contributed by atoms with E-state index < -0.39 is 0 Å². The van der Waals surface area contributed by atoms with Crippen LogP contribution in [0.4, 0.5) is 0 Å². The van der Waals surface area contributed by atoms with E-state index in [9.17, 15) is 0 Å². The Kier molecular flexibility index (Phi) is 3.60. The van der Waals surface area contributed by atoms with Crippen LogP contribution < -0.4 is 4.74 Å². The zero-order valence-electron chi connectivity index (χ0n) is 8.50. The molecule has 1 heterocycles. The molecule has 1 aromatic rings. The summed E-state index contributed by atoms with van der Waals surface area (Å²) in [6.45, 7) is 4.11. The van der Waals surface area contributed by atoms with Gasteiger partial charge in [-0.3, -0.25) is 4.98 Å². The van der Waals surface area contributed by atoms with E-state index >= 15 is 0 Å². The minimum Gasteiger partial charge on any atom is -0.495 e. The Labute approximate surface area is 83.7 Å². The third-order valence-electron chi connectivity index (χ3n) is 2.10. The van der Waals surface area contributed by atoms with Gasteiger partial charge in [0.1, 0.15) is 5.75 Å². The van der Waals surface area contributed by atoms with E-state index in [1.807, 2.05) is 24.9 Å². The topological polar surface area (TPSA) is 22.1 Å². The van der Waals surface area contributed by atoms with Gasteiger partial charge < -0.3 is 4.74 Å². The van der Waals surface area contributed by atoms with Crippen LogP contribution >= 0.6 is 11.8 Å². The van der Waals surface area contributed by atoms with Crippen LogP contribution in [0, 0.1) is 6.92 Å². The Morgan fingerprint density at radius 1 is 1.54 bits per heavy atom. The number of aromatic nitrogens is 1. The molecule has 2 nitrogen and oxygen atoms in total. The van der Waals surface area contributed by atoms with Crippen molar-refractivity contribution in [3.05, 3.63) is 23.5 Å². The number of aryl methyl sites for hydroxylation is 1. The predicted molar refractivity (Wildman–Crippen MR) is 57.5 cm³/mol. The van der Waals surface area contributed by atoms with Gasteiger partial charge in [0.25, 0.3) is 0 Å². The van der Waals surface area contributed by atoms with E-state index in [1.54, 1.807) is 7.11 Å². The number of rotatable bonds is 3. The summed E-state index contributed by atoms with van der Waals surface area (Å²) in [5, 5.41) is 0.474. The first-order chi connectivity index (χ1) is 6.19. The largest absolute Gasteiger partial charge is 0.495 e. The quantitative estimate of drug-likeness (QED) is 0.744. The molecule has 72 valence electrons. The molecule has 0 aromatic carbocycles. The summed E-state index contributed by atoms with van der Waals surface area (Å²) in [4.78, 5) is 4.28. The van der Waals surface area contributed by atoms with E-state index in [0.29, 0.717) is 5.25 Å². The van der Waals surface area contributed by atoms with Crippen LogP contribution in [0.25, 0.3) is 0 Å². The molecule has 1 unspecified atom stereocenters. The number of methoxy groups -OCH3 is 1. The van der Waals surface area contributed by atoms with Crippen molar-refractivity contribution in [2.75, 3.05) is 13.4 Å². The van der Waals surface area contributed by atoms with Gasteiger partial charge in [-0.1, -0.05) is 0 Å². The van der Waals surface area contributed by atoms with Gasteiger partial charge in [0, 0.05) is 11.4 Å². The van der Waals surface area contributed by atoms with Crippen molar-refractivity contribution in [1.82, 2.24) is 4.98 Å². The van der Waals surface area contributed by atoms with Gasteiger partial charge in [-0.15, -0.1) is 0 Å². The second-order valence-electron chi connectivity index (χ2n) is 2.93. The van der Waals surface area contributed by atoms with Gasteiger partial charge in [0.15, 0.2) is 0 Å². The second kappa shape index (κ2) is 4.51. The van der Waals surface area contributed by atoms with E-state index in [-0.39, 0.29) is 0 Å². The maximum absolute atomic E-state index is 5.21. The van der Waals surface area contributed by atoms with Crippen LogP contribution in [-0.2, 0) is 0 Å². The SMILES string of the molecule is COc1cc(C(C)SC)cnc1C. The average Bonchev–Trinajstić information content (AvgIpc) is 2.17. The third kappa shape index (κ3) is 2.37. The maximum atomic E-state index is 5.21. The highest BCUT2D eigenvalue weighted by Gasteiger charge is 2.07.